The molecule has 0 aliphatic rings. The van der Waals surface area contributed by atoms with Gasteiger partial charge in [0.15, 0.2) is 12.0 Å². The van der Waals surface area contributed by atoms with Crippen LogP contribution in [-0.4, -0.2) is 22.5 Å². The normalized spacial score (nSPS) is 11.5. The summed E-state index contributed by atoms with van der Waals surface area (Å²) >= 11 is 1.15. The Hall–Kier alpha value is -2.94. The van der Waals surface area contributed by atoms with Crippen LogP contribution in [0.3, 0.4) is 0 Å². The van der Waals surface area contributed by atoms with Gasteiger partial charge in [-0.2, -0.15) is 4.73 Å². The number of pyridine rings is 1. The molecule has 0 atom stereocenters. The van der Waals surface area contributed by atoms with Gasteiger partial charge >= 0.3 is 6.36 Å². The molecule has 0 N–H and O–H groups in total. The molecule has 9 heteroatoms. The summed E-state index contributed by atoms with van der Waals surface area (Å²) < 4.78 is 43.3. The van der Waals surface area contributed by atoms with Gasteiger partial charge in [0.1, 0.15) is 5.75 Å². The fourth-order valence-corrected chi connectivity index (χ4v) is 3.78. The number of benzene rings is 1. The van der Waals surface area contributed by atoms with E-state index in [1.54, 1.807) is 42.7 Å². The largest absolute Gasteiger partial charge is 0.618 e. The molecule has 0 bridgehead atoms. The Morgan fingerprint density at radius 3 is 2.48 bits per heavy atom. The molecule has 3 rings (SSSR count). The second-order valence-corrected chi connectivity index (χ2v) is 7.23. The zero-order valence-electron chi connectivity index (χ0n) is 15.6. The molecular formula is C20H17F3N2O3S. The highest BCUT2D eigenvalue weighted by molar-refractivity contribution is 7.99. The molecule has 29 heavy (non-hydrogen) atoms. The molecule has 0 aliphatic heterocycles. The number of ether oxygens (including phenoxy) is 1. The van der Waals surface area contributed by atoms with Crippen molar-refractivity contribution in [2.75, 3.05) is 5.75 Å². The predicted octanol–water partition coefficient (Wildman–Crippen LogP) is 4.60. The number of hydrogen-bond donors (Lipinski definition) is 0. The molecule has 0 saturated heterocycles. The SMILES string of the molecule is Cc1cc(C(=O)CSc2cccc[n+]2[O-])c(C)n1-c1ccc(OC(F)(F)F)cc1. The average molecular weight is 422 g/mol. The van der Waals surface area contributed by atoms with Crippen LogP contribution in [0.15, 0.2) is 59.8 Å². The van der Waals surface area contributed by atoms with Gasteiger partial charge in [-0.15, -0.1) is 13.2 Å². The summed E-state index contributed by atoms with van der Waals surface area (Å²) in [6, 6.07) is 12.1. The molecule has 0 unspecified atom stereocenters. The Labute approximate surface area is 169 Å². The van der Waals surface area contributed by atoms with Crippen molar-refractivity contribution < 1.29 is 27.4 Å². The van der Waals surface area contributed by atoms with E-state index in [0.717, 1.165) is 17.5 Å². The third kappa shape index (κ3) is 4.92. The topological polar surface area (TPSA) is 58.2 Å². The lowest BCUT2D eigenvalue weighted by molar-refractivity contribution is -0.645. The average Bonchev–Trinajstić information content (AvgIpc) is 2.95. The number of rotatable bonds is 6. The lowest BCUT2D eigenvalue weighted by Crippen LogP contribution is -2.28. The zero-order valence-corrected chi connectivity index (χ0v) is 16.4. The van der Waals surface area contributed by atoms with Crippen molar-refractivity contribution in [3.05, 3.63) is 76.9 Å². The van der Waals surface area contributed by atoms with Crippen LogP contribution in [0.4, 0.5) is 13.2 Å². The van der Waals surface area contributed by atoms with Gasteiger partial charge in [-0.3, -0.25) is 4.79 Å². The predicted molar refractivity (Wildman–Crippen MR) is 102 cm³/mol. The van der Waals surface area contributed by atoms with Crippen molar-refractivity contribution >= 4 is 17.5 Å². The molecule has 1 aromatic carbocycles. The summed E-state index contributed by atoms with van der Waals surface area (Å²) in [5.74, 6) is -0.366. The second-order valence-electron chi connectivity index (χ2n) is 6.24. The van der Waals surface area contributed by atoms with Gasteiger partial charge in [0.05, 0.1) is 5.75 Å². The molecule has 2 heterocycles. The minimum Gasteiger partial charge on any atom is -0.618 e. The Kier molecular flexibility index (Phi) is 5.88. The van der Waals surface area contributed by atoms with E-state index in [4.69, 9.17) is 0 Å². The Balaban J connectivity index is 1.79. The number of aryl methyl sites for hydroxylation is 1. The molecule has 5 nitrogen and oxygen atoms in total. The third-order valence-electron chi connectivity index (χ3n) is 4.20. The molecule has 0 aliphatic carbocycles. The molecule has 0 spiro atoms. The number of halogens is 3. The van der Waals surface area contributed by atoms with Gasteiger partial charge in [-0.05, 0) is 62.0 Å². The van der Waals surface area contributed by atoms with Crippen LogP contribution in [0.1, 0.15) is 21.7 Å². The van der Waals surface area contributed by atoms with Gasteiger partial charge in [0.25, 0.3) is 5.03 Å². The lowest BCUT2D eigenvalue weighted by atomic mass is 10.2. The van der Waals surface area contributed by atoms with Crippen molar-refractivity contribution in [3.8, 4) is 11.4 Å². The van der Waals surface area contributed by atoms with Crippen molar-refractivity contribution in [2.45, 2.75) is 25.2 Å². The Morgan fingerprint density at radius 1 is 1.17 bits per heavy atom. The highest BCUT2D eigenvalue weighted by Gasteiger charge is 2.31. The summed E-state index contributed by atoms with van der Waals surface area (Å²) in [6.45, 7) is 3.57. The van der Waals surface area contributed by atoms with Crippen LogP contribution in [-0.2, 0) is 0 Å². The van der Waals surface area contributed by atoms with Crippen molar-refractivity contribution in [1.29, 1.82) is 0 Å². The van der Waals surface area contributed by atoms with Crippen molar-refractivity contribution in [2.24, 2.45) is 0 Å². The van der Waals surface area contributed by atoms with Gasteiger partial charge in [-0.25, -0.2) is 0 Å². The first-order chi connectivity index (χ1) is 13.7. The molecular weight excluding hydrogens is 405 g/mol. The first-order valence-corrected chi connectivity index (χ1v) is 9.53. The lowest BCUT2D eigenvalue weighted by Gasteiger charge is -2.12. The van der Waals surface area contributed by atoms with E-state index in [9.17, 15) is 23.2 Å². The molecule has 2 aromatic heterocycles. The second kappa shape index (κ2) is 8.20. The highest BCUT2D eigenvalue weighted by atomic mass is 32.2. The molecule has 3 aromatic rings. The maximum atomic E-state index is 12.7. The first kappa shape index (κ1) is 20.8. The Bertz CT molecular complexity index is 1030. The number of nitrogens with zero attached hydrogens (tertiary/aromatic N) is 2. The summed E-state index contributed by atoms with van der Waals surface area (Å²) in [4.78, 5) is 12.7. The van der Waals surface area contributed by atoms with Gasteiger partial charge < -0.3 is 14.5 Å². The van der Waals surface area contributed by atoms with Crippen molar-refractivity contribution in [3.63, 3.8) is 0 Å². The quantitative estimate of drug-likeness (QED) is 0.252. The first-order valence-electron chi connectivity index (χ1n) is 8.55. The minimum absolute atomic E-state index is 0.0922. The molecule has 0 saturated carbocycles. The maximum absolute atomic E-state index is 12.7. The van der Waals surface area contributed by atoms with Crippen LogP contribution in [0.2, 0.25) is 0 Å². The van der Waals surface area contributed by atoms with E-state index in [1.165, 1.54) is 30.5 Å². The number of aromatic nitrogens is 2. The summed E-state index contributed by atoms with van der Waals surface area (Å²) in [5.41, 5.74) is 2.54. The standard InChI is InChI=1S/C20H17F3N2O3S/c1-13-11-17(18(26)12-29-19-5-3-4-10-24(19)27)14(2)25(13)15-6-8-16(9-7-15)28-20(21,22)23/h3-11H,12H2,1-2H3. The van der Waals surface area contributed by atoms with E-state index in [2.05, 4.69) is 4.74 Å². The number of Topliss-reactive ketones (excluding diaryl/α,β-unsaturated/α-hetero) is 1. The molecule has 152 valence electrons. The molecule has 0 radical (unpaired) electrons. The van der Waals surface area contributed by atoms with E-state index >= 15 is 0 Å². The Morgan fingerprint density at radius 2 is 1.86 bits per heavy atom. The third-order valence-corrected chi connectivity index (χ3v) is 5.22. The van der Waals surface area contributed by atoms with Gasteiger partial charge in [0, 0.05) is 34.8 Å². The van der Waals surface area contributed by atoms with E-state index in [-0.39, 0.29) is 17.3 Å². The minimum atomic E-state index is -4.75. The summed E-state index contributed by atoms with van der Waals surface area (Å²) in [5, 5.41) is 12.1. The smallest absolute Gasteiger partial charge is 0.573 e. The maximum Gasteiger partial charge on any atom is 0.573 e. The number of carbonyl (C=O) groups excluding carboxylic acids is 1. The number of alkyl halides is 3. The molecule has 0 amide bonds. The zero-order chi connectivity index (χ0) is 21.2. The van der Waals surface area contributed by atoms with E-state index in [0.29, 0.717) is 26.7 Å². The van der Waals surface area contributed by atoms with Gasteiger partial charge in [-0.1, -0.05) is 0 Å². The summed E-state index contributed by atoms with van der Waals surface area (Å²) in [7, 11) is 0. The van der Waals surface area contributed by atoms with E-state index < -0.39 is 6.36 Å². The van der Waals surface area contributed by atoms with Gasteiger partial charge in [0.2, 0.25) is 0 Å². The van der Waals surface area contributed by atoms with Crippen LogP contribution in [0, 0.1) is 19.1 Å². The number of thioether (sulfide) groups is 1. The number of hydrogen-bond acceptors (Lipinski definition) is 4. The number of ketones is 1. The fourth-order valence-electron chi connectivity index (χ4n) is 2.98. The fraction of sp³-hybridized carbons (Fsp3) is 0.200. The monoisotopic (exact) mass is 422 g/mol. The van der Waals surface area contributed by atoms with Crippen LogP contribution >= 0.6 is 11.8 Å². The van der Waals surface area contributed by atoms with Crippen LogP contribution in [0.25, 0.3) is 5.69 Å². The number of carbonyl (C=O) groups is 1. The van der Waals surface area contributed by atoms with E-state index in [1.807, 2.05) is 0 Å². The van der Waals surface area contributed by atoms with Crippen molar-refractivity contribution in [1.82, 2.24) is 4.57 Å². The van der Waals surface area contributed by atoms with Crippen LogP contribution in [0.5, 0.6) is 5.75 Å². The highest BCUT2D eigenvalue weighted by Crippen LogP contribution is 2.27. The molecule has 0 fully saturated rings. The summed E-state index contributed by atoms with van der Waals surface area (Å²) in [6.07, 6.45) is -3.39. The van der Waals surface area contributed by atoms with Crippen LogP contribution < -0.4 is 9.47 Å².